The first-order chi connectivity index (χ1) is 49.0. The summed E-state index contributed by atoms with van der Waals surface area (Å²) in [5, 5.41) is 15.9. The topological polar surface area (TPSA) is 15.5 Å². The third-order valence-corrected chi connectivity index (χ3v) is 24.3. The fraction of sp³-hybridized carbons (Fsp3) is 0.284. The standard InChI is InChI=1S/C26H30N.2C24H20N.C21H20N/c1-2-3-4-5-10-19-15-16-25-26-23-14-9-8-12-21(23)20-11-6-7-13-22(20)24(26)18-27(25)17-19;1-6-12-22-16(7-1)13-14-23-24-20-11-5-4-9-18(20)17-8-2-3-10-19(17)21(24)15-25(22)23;1-2-8-17-14-25-15-22-20-11-4-3-9-18(20)19-10-5-6-12-21(19)24(22)23(25)13-16(17)7-1;1-14-10-11-20-21-18-9-5-4-7-16(18)15-6-2-3-8-17(15)19(21)13-22(20)12-14/h6-7,11,13,15-17H,2-5,8-10,12,14,18H2,1H3;1-3,6-8,10,12-14H,4-5,9,11,15H2;1-4,7-9,11,13-14H,5-6,10,12,15H2;2-3,6,8,10-12H,4-5,7,9,13H2,1H3/q4*+1. The lowest BCUT2D eigenvalue weighted by Gasteiger charge is -2.21. The van der Waals surface area contributed by atoms with Gasteiger partial charge in [0.2, 0.25) is 28.3 Å². The summed E-state index contributed by atoms with van der Waals surface area (Å²) in [4.78, 5) is 0. The van der Waals surface area contributed by atoms with Crippen LogP contribution in [-0.4, -0.2) is 0 Å². The first-order valence-corrected chi connectivity index (χ1v) is 38.1. The molecule has 99 heavy (non-hydrogen) atoms. The number of nitrogens with zero attached hydrogens (tertiary/aromatic N) is 4. The second-order valence-corrected chi connectivity index (χ2v) is 30.1. The molecule has 10 aromatic carbocycles. The molecule has 0 fully saturated rings. The van der Waals surface area contributed by atoms with Gasteiger partial charge in [-0.2, -0.15) is 18.3 Å². The smallest absolute Gasteiger partial charge is 0.194 e. The lowest BCUT2D eigenvalue weighted by Crippen LogP contribution is -2.33. The van der Waals surface area contributed by atoms with E-state index in [0.717, 1.165) is 26.2 Å². The van der Waals surface area contributed by atoms with Crippen LogP contribution in [0.5, 0.6) is 0 Å². The Morgan fingerprint density at radius 3 is 1.15 bits per heavy atom. The van der Waals surface area contributed by atoms with Gasteiger partial charge in [0.05, 0.1) is 22.3 Å². The minimum Gasteiger partial charge on any atom is -0.194 e. The van der Waals surface area contributed by atoms with Crippen molar-refractivity contribution in [2.45, 2.75) is 175 Å². The Kier molecular flexibility index (Phi) is 15.4. The summed E-state index contributed by atoms with van der Waals surface area (Å²) in [6, 6.07) is 70.2. The molecule has 8 heterocycles. The summed E-state index contributed by atoms with van der Waals surface area (Å²) in [5.74, 6) is 0. The molecule has 0 saturated heterocycles. The molecule has 0 unspecified atom stereocenters. The highest BCUT2D eigenvalue weighted by molar-refractivity contribution is 6.01. The van der Waals surface area contributed by atoms with Gasteiger partial charge in [0.1, 0.15) is 0 Å². The summed E-state index contributed by atoms with van der Waals surface area (Å²) in [7, 11) is 0. The number of aryl methyl sites for hydroxylation is 6. The quantitative estimate of drug-likeness (QED) is 0.121. The van der Waals surface area contributed by atoms with Gasteiger partial charge in [0.15, 0.2) is 44.8 Å². The third kappa shape index (κ3) is 10.3. The average molecular weight is 1290 g/mol. The summed E-state index contributed by atoms with van der Waals surface area (Å²) in [5.41, 5.74) is 35.3. The van der Waals surface area contributed by atoms with Crippen molar-refractivity contribution in [3.05, 3.63) is 285 Å². The molecule has 0 saturated carbocycles. The third-order valence-electron chi connectivity index (χ3n) is 24.3. The van der Waals surface area contributed by atoms with Crippen LogP contribution in [0.2, 0.25) is 0 Å². The van der Waals surface area contributed by atoms with E-state index in [2.05, 4.69) is 239 Å². The summed E-state index contributed by atoms with van der Waals surface area (Å²) in [6.07, 6.45) is 34.2. The fourth-order valence-electron chi connectivity index (χ4n) is 19.9. The van der Waals surface area contributed by atoms with E-state index in [-0.39, 0.29) is 0 Å². The van der Waals surface area contributed by atoms with Gasteiger partial charge in [-0.25, -0.2) is 0 Å². The van der Waals surface area contributed by atoms with Gasteiger partial charge in [-0.05, 0) is 246 Å². The zero-order valence-electron chi connectivity index (χ0n) is 58.1. The zero-order valence-corrected chi connectivity index (χ0v) is 58.1. The molecule has 0 atom stereocenters. The fourth-order valence-corrected chi connectivity index (χ4v) is 19.9. The molecule has 0 bridgehead atoms. The average Bonchev–Trinajstić information content (AvgIpc) is 1.56. The second kappa shape index (κ2) is 25.3. The second-order valence-electron chi connectivity index (χ2n) is 30.1. The van der Waals surface area contributed by atoms with Crippen molar-refractivity contribution in [1.29, 1.82) is 0 Å². The maximum Gasteiger partial charge on any atom is 0.214 e. The van der Waals surface area contributed by atoms with Crippen LogP contribution in [0.15, 0.2) is 207 Å². The van der Waals surface area contributed by atoms with Gasteiger partial charge < -0.3 is 0 Å². The van der Waals surface area contributed by atoms with Crippen molar-refractivity contribution in [3.63, 3.8) is 0 Å². The molecule has 4 aliphatic heterocycles. The Bertz CT molecular complexity index is 5620. The van der Waals surface area contributed by atoms with Gasteiger partial charge >= 0.3 is 0 Å². The number of aromatic nitrogens is 4. The van der Waals surface area contributed by atoms with Crippen LogP contribution < -0.4 is 18.3 Å². The van der Waals surface area contributed by atoms with E-state index in [4.69, 9.17) is 0 Å². The van der Waals surface area contributed by atoms with E-state index in [1.54, 1.807) is 77.9 Å². The molecule has 4 aliphatic carbocycles. The highest BCUT2D eigenvalue weighted by atomic mass is 15.0. The molecule has 0 amide bonds. The maximum atomic E-state index is 2.53. The predicted octanol–water partition coefficient (Wildman–Crippen LogP) is 20.9. The summed E-state index contributed by atoms with van der Waals surface area (Å²) in [6.45, 7) is 8.54. The SMILES string of the molecule is CCCCCCc1ccc2[n+](c1)Cc1c-2c2c(c3ccccc13)CCCC2.Cc1ccc2[n+](c1)Cc1c-2c2c(c3ccccc13)CCCC2.c1ccc2c(c1)ccc1[n+]2Cc2c-1c1c(c3ccccc23)CCCC1.c1ccc2c[n+]3c(cc2c1)-c1c2c(c4ccccc4c1C3)CCCC2. The summed E-state index contributed by atoms with van der Waals surface area (Å²) >= 11 is 0. The molecule has 4 aromatic heterocycles. The molecular formula is C95H90N4+4. The van der Waals surface area contributed by atoms with Gasteiger partial charge in [-0.3, -0.25) is 0 Å². The molecule has 14 aromatic rings. The summed E-state index contributed by atoms with van der Waals surface area (Å²) < 4.78 is 9.97. The molecule has 0 N–H and O–H groups in total. The molecule has 486 valence electrons. The number of pyridine rings is 4. The normalized spacial score (nSPS) is 15.2. The lowest BCUT2D eigenvalue weighted by molar-refractivity contribution is -0.672. The van der Waals surface area contributed by atoms with Crippen molar-refractivity contribution in [1.82, 2.24) is 0 Å². The molecule has 4 heteroatoms. The van der Waals surface area contributed by atoms with E-state index >= 15 is 0 Å². The molecule has 4 nitrogen and oxygen atoms in total. The first-order valence-electron chi connectivity index (χ1n) is 38.1. The molecule has 0 spiro atoms. The van der Waals surface area contributed by atoms with Crippen LogP contribution in [0.3, 0.4) is 0 Å². The number of fused-ring (bicyclic) bond motifs is 35. The minimum absolute atomic E-state index is 1.000. The molecule has 22 rings (SSSR count). The van der Waals surface area contributed by atoms with Crippen molar-refractivity contribution in [2.75, 3.05) is 0 Å². The van der Waals surface area contributed by atoms with E-state index in [1.807, 2.05) is 0 Å². The van der Waals surface area contributed by atoms with E-state index in [9.17, 15) is 0 Å². The Balaban J connectivity index is 0.0000000924. The van der Waals surface area contributed by atoms with Crippen LogP contribution in [0.25, 0.3) is 110 Å². The number of benzene rings is 10. The molecular weight excluding hydrogens is 1200 g/mol. The van der Waals surface area contributed by atoms with Crippen molar-refractivity contribution >= 4 is 64.8 Å². The number of hydrogen-bond donors (Lipinski definition) is 0. The lowest BCUT2D eigenvalue weighted by atomic mass is 9.81. The Morgan fingerprint density at radius 2 is 0.657 bits per heavy atom. The van der Waals surface area contributed by atoms with Crippen LogP contribution in [0.1, 0.15) is 162 Å². The predicted molar refractivity (Wildman–Crippen MR) is 409 cm³/mol. The molecule has 0 radical (unpaired) electrons. The number of unbranched alkanes of at least 4 members (excludes halogenated alkanes) is 3. The monoisotopic (exact) mass is 1290 g/mol. The molecule has 8 aliphatic rings. The highest BCUT2D eigenvalue weighted by Crippen LogP contribution is 2.47. The highest BCUT2D eigenvalue weighted by Gasteiger charge is 2.39. The van der Waals surface area contributed by atoms with Gasteiger partial charge in [-0.15, -0.1) is 0 Å². The first kappa shape index (κ1) is 60.5. The zero-order chi connectivity index (χ0) is 65.7. The van der Waals surface area contributed by atoms with Crippen molar-refractivity contribution in [3.8, 4) is 45.0 Å². The minimum atomic E-state index is 1.000. The van der Waals surface area contributed by atoms with Gasteiger partial charge in [0, 0.05) is 74.5 Å². The largest absolute Gasteiger partial charge is 0.214 e. The van der Waals surface area contributed by atoms with Crippen LogP contribution >= 0.6 is 0 Å². The van der Waals surface area contributed by atoms with Gasteiger partial charge in [0.25, 0.3) is 0 Å². The number of para-hydroxylation sites is 1. The Hall–Kier alpha value is -9.64. The van der Waals surface area contributed by atoms with E-state index in [1.165, 1.54) is 245 Å². The number of hydrogen-bond acceptors (Lipinski definition) is 0. The Labute approximate surface area is 583 Å². The van der Waals surface area contributed by atoms with Crippen LogP contribution in [0.4, 0.5) is 0 Å². The van der Waals surface area contributed by atoms with Crippen molar-refractivity contribution < 1.29 is 18.3 Å². The van der Waals surface area contributed by atoms with Gasteiger partial charge in [-0.1, -0.05) is 154 Å². The maximum absolute atomic E-state index is 2.53. The van der Waals surface area contributed by atoms with E-state index in [0.29, 0.717) is 0 Å². The van der Waals surface area contributed by atoms with Crippen LogP contribution in [0, 0.1) is 6.92 Å². The number of rotatable bonds is 5. The Morgan fingerprint density at radius 1 is 0.283 bits per heavy atom. The van der Waals surface area contributed by atoms with E-state index < -0.39 is 0 Å². The van der Waals surface area contributed by atoms with Crippen molar-refractivity contribution in [2.24, 2.45) is 0 Å². The van der Waals surface area contributed by atoms with Crippen LogP contribution in [-0.2, 0) is 84.0 Å².